The van der Waals surface area contributed by atoms with Gasteiger partial charge in [-0.05, 0) is 38.0 Å². The van der Waals surface area contributed by atoms with Crippen LogP contribution in [0.2, 0.25) is 5.02 Å². The molecule has 0 bridgehead atoms. The number of nitrogens with two attached hydrogens (primary N) is 1. The van der Waals surface area contributed by atoms with Gasteiger partial charge >= 0.3 is 0 Å². The van der Waals surface area contributed by atoms with E-state index in [2.05, 4.69) is 21.6 Å². The molecule has 2 aliphatic rings. The van der Waals surface area contributed by atoms with Crippen molar-refractivity contribution in [2.24, 2.45) is 5.73 Å². The highest BCUT2D eigenvalue weighted by Gasteiger charge is 2.43. The molecule has 42 heavy (non-hydrogen) atoms. The van der Waals surface area contributed by atoms with E-state index in [0.717, 1.165) is 23.1 Å². The van der Waals surface area contributed by atoms with Crippen LogP contribution in [0.4, 0.5) is 20.9 Å². The Morgan fingerprint density at radius 1 is 1.36 bits per heavy atom. The van der Waals surface area contributed by atoms with Gasteiger partial charge in [-0.3, -0.25) is 24.6 Å². The van der Waals surface area contributed by atoms with Crippen molar-refractivity contribution in [3.05, 3.63) is 91.1 Å². The molecule has 5 rings (SSSR count). The Kier molecular flexibility index (Phi) is 8.26. The first-order valence-corrected chi connectivity index (χ1v) is 14.7. The van der Waals surface area contributed by atoms with Gasteiger partial charge in [0, 0.05) is 45.6 Å². The van der Waals surface area contributed by atoms with Gasteiger partial charge in [0.1, 0.15) is 11.6 Å². The molecule has 3 N–H and O–H groups in total. The van der Waals surface area contributed by atoms with Gasteiger partial charge in [0.15, 0.2) is 10.1 Å². The number of hydrogen-bond acceptors (Lipinski definition) is 11. The number of nitriles is 1. The van der Waals surface area contributed by atoms with Gasteiger partial charge in [-0.2, -0.15) is 5.26 Å². The number of amides is 1. The summed E-state index contributed by atoms with van der Waals surface area (Å²) in [6.45, 7) is 1.61. The van der Waals surface area contributed by atoms with Crippen LogP contribution in [0.3, 0.4) is 0 Å². The van der Waals surface area contributed by atoms with Crippen LogP contribution in [0.5, 0.6) is 0 Å². The molecule has 0 saturated carbocycles. The Morgan fingerprint density at radius 3 is 2.86 bits per heavy atom. The number of nitrogens with one attached hydrogen (secondary N) is 1. The Morgan fingerprint density at radius 2 is 2.14 bits per heavy atom. The second-order valence-corrected chi connectivity index (χ2v) is 12.0. The number of ketones is 1. The molecule has 0 radical (unpaired) electrons. The minimum atomic E-state index is -1.06. The zero-order chi connectivity index (χ0) is 30.1. The summed E-state index contributed by atoms with van der Waals surface area (Å²) in [6, 6.07) is 10.6. The average molecular weight is 626 g/mol. The molecule has 1 amide bonds. The summed E-state index contributed by atoms with van der Waals surface area (Å²) in [4.78, 5) is 38.0. The molecule has 15 heteroatoms. The van der Waals surface area contributed by atoms with Crippen LogP contribution in [0.1, 0.15) is 36.3 Å². The van der Waals surface area contributed by atoms with Gasteiger partial charge in [0.2, 0.25) is 11.0 Å². The third kappa shape index (κ3) is 5.46. The number of aryl methyl sites for hydroxylation is 1. The molecular formula is C27H21ClFN7O4S2. The standard InChI is InChI=1S/C27H21ClFN7O4S2/c1-13-8-9-14(10-19(13)36(39)40)32-21(38)12-41-27-34-33-26(42-27)35-18-6-3-7-20(37)24(18)22(15(11-30)25(35)31)23-16(28)4-2-5-17(23)29/h2,4-5,8-10,22H,3,6-7,12,31H2,1H3,(H,32,38). The van der Waals surface area contributed by atoms with Crippen molar-refractivity contribution in [3.8, 4) is 6.07 Å². The lowest BCUT2D eigenvalue weighted by atomic mass is 9.75. The molecule has 1 unspecified atom stereocenters. The normalized spacial score (nSPS) is 16.8. The predicted octanol–water partition coefficient (Wildman–Crippen LogP) is 5.58. The number of halogens is 2. The molecule has 1 aliphatic carbocycles. The van der Waals surface area contributed by atoms with Gasteiger partial charge in [-0.25, -0.2) is 4.39 Å². The Balaban J connectivity index is 1.41. The van der Waals surface area contributed by atoms with E-state index in [-0.39, 0.29) is 62.0 Å². The van der Waals surface area contributed by atoms with Crippen LogP contribution in [0, 0.1) is 34.2 Å². The fourth-order valence-corrected chi connectivity index (χ4v) is 6.89. The van der Waals surface area contributed by atoms with E-state index in [1.165, 1.54) is 29.2 Å². The smallest absolute Gasteiger partial charge is 0.274 e. The van der Waals surface area contributed by atoms with Crippen molar-refractivity contribution >= 4 is 62.9 Å². The molecule has 0 saturated heterocycles. The third-order valence-corrected chi connectivity index (χ3v) is 9.18. The quantitative estimate of drug-likeness (QED) is 0.192. The molecule has 2 heterocycles. The number of nitrogens with zero attached hydrogens (tertiary/aromatic N) is 5. The van der Waals surface area contributed by atoms with E-state index in [0.29, 0.717) is 28.4 Å². The fourth-order valence-electron chi connectivity index (χ4n) is 4.94. The van der Waals surface area contributed by atoms with Crippen LogP contribution in [0.25, 0.3) is 0 Å². The van der Waals surface area contributed by atoms with E-state index >= 15 is 4.39 Å². The Labute approximate surface area is 252 Å². The summed E-state index contributed by atoms with van der Waals surface area (Å²) in [5.74, 6) is -2.44. The topological polar surface area (TPSA) is 168 Å². The lowest BCUT2D eigenvalue weighted by Crippen LogP contribution is -2.39. The number of nitro groups is 1. The molecular weight excluding hydrogens is 605 g/mol. The largest absolute Gasteiger partial charge is 0.384 e. The zero-order valence-electron chi connectivity index (χ0n) is 21.9. The van der Waals surface area contributed by atoms with Crippen LogP contribution >= 0.6 is 34.7 Å². The SMILES string of the molecule is Cc1ccc(NC(=O)CSc2nnc(N3C(N)=C(C#N)C(c4c(F)cccc4Cl)C4=C3CCCC4=O)s2)cc1[N+](=O)[O-]. The van der Waals surface area contributed by atoms with E-state index in [4.69, 9.17) is 17.3 Å². The maximum Gasteiger partial charge on any atom is 0.274 e. The monoisotopic (exact) mass is 625 g/mol. The van der Waals surface area contributed by atoms with Crippen molar-refractivity contribution in [1.82, 2.24) is 10.2 Å². The molecule has 1 atom stereocenters. The van der Waals surface area contributed by atoms with Crippen LogP contribution in [-0.2, 0) is 9.59 Å². The van der Waals surface area contributed by atoms with Crippen LogP contribution < -0.4 is 16.0 Å². The first kappa shape index (κ1) is 29.2. The first-order valence-electron chi connectivity index (χ1n) is 12.5. The number of hydrogen-bond donors (Lipinski definition) is 2. The number of aromatic nitrogens is 2. The van der Waals surface area contributed by atoms with Crippen molar-refractivity contribution in [3.63, 3.8) is 0 Å². The third-order valence-electron chi connectivity index (χ3n) is 6.81. The number of anilines is 2. The summed E-state index contributed by atoms with van der Waals surface area (Å²) in [7, 11) is 0. The predicted molar refractivity (Wildman–Crippen MR) is 156 cm³/mol. The number of carbonyl (C=O) groups excluding carboxylic acids is 2. The molecule has 2 aromatic carbocycles. The fraction of sp³-hybridized carbons (Fsp3) is 0.222. The average Bonchev–Trinajstić information content (AvgIpc) is 3.41. The maximum atomic E-state index is 15.1. The number of benzene rings is 2. The summed E-state index contributed by atoms with van der Waals surface area (Å²) in [6.07, 6.45) is 1.18. The number of rotatable bonds is 7. The van der Waals surface area contributed by atoms with Crippen LogP contribution in [0.15, 0.2) is 63.4 Å². The minimum absolute atomic E-state index is 0.0123. The second-order valence-electron chi connectivity index (χ2n) is 9.40. The summed E-state index contributed by atoms with van der Waals surface area (Å²) >= 11 is 8.55. The Bertz CT molecular complexity index is 1730. The molecule has 214 valence electrons. The molecule has 11 nitrogen and oxygen atoms in total. The highest BCUT2D eigenvalue weighted by atomic mass is 35.5. The number of nitro benzene ring substituents is 1. The van der Waals surface area contributed by atoms with Crippen molar-refractivity contribution < 1.29 is 18.9 Å². The van der Waals surface area contributed by atoms with Gasteiger partial charge in [0.05, 0.1) is 28.2 Å². The van der Waals surface area contributed by atoms with Gasteiger partial charge < -0.3 is 11.1 Å². The number of carbonyl (C=O) groups is 2. The highest BCUT2D eigenvalue weighted by Crippen LogP contribution is 2.49. The summed E-state index contributed by atoms with van der Waals surface area (Å²) in [5, 5.41) is 32.6. The van der Waals surface area contributed by atoms with Gasteiger partial charge in [-0.1, -0.05) is 46.8 Å². The lowest BCUT2D eigenvalue weighted by Gasteiger charge is -2.38. The van der Waals surface area contributed by atoms with Crippen molar-refractivity contribution in [1.29, 1.82) is 5.26 Å². The van der Waals surface area contributed by atoms with Crippen molar-refractivity contribution in [2.75, 3.05) is 16.0 Å². The number of thioether (sulfide) groups is 1. The molecule has 3 aromatic rings. The molecule has 1 aromatic heterocycles. The van der Waals surface area contributed by atoms with Crippen molar-refractivity contribution in [2.45, 2.75) is 36.4 Å². The second kappa shape index (κ2) is 11.9. The highest BCUT2D eigenvalue weighted by molar-refractivity contribution is 8.01. The minimum Gasteiger partial charge on any atom is -0.384 e. The van der Waals surface area contributed by atoms with Gasteiger partial charge in [0.25, 0.3) is 5.69 Å². The van der Waals surface area contributed by atoms with Crippen LogP contribution in [-0.4, -0.2) is 32.6 Å². The van der Waals surface area contributed by atoms with E-state index in [1.54, 1.807) is 19.1 Å². The van der Waals surface area contributed by atoms with E-state index in [9.17, 15) is 25.0 Å². The summed E-state index contributed by atoms with van der Waals surface area (Å²) < 4.78 is 15.5. The molecule has 1 aliphatic heterocycles. The Hall–Kier alpha value is -4.32. The lowest BCUT2D eigenvalue weighted by molar-refractivity contribution is -0.385. The number of Topliss-reactive ketones (excluding diaryl/α,β-unsaturated/α-hetero) is 1. The summed E-state index contributed by atoms with van der Waals surface area (Å²) in [5.41, 5.74) is 7.88. The maximum absolute atomic E-state index is 15.1. The zero-order valence-corrected chi connectivity index (χ0v) is 24.3. The number of allylic oxidation sites excluding steroid dienone is 3. The molecule has 0 spiro atoms. The first-order chi connectivity index (χ1) is 20.1. The van der Waals surface area contributed by atoms with E-state index < -0.39 is 22.6 Å². The molecule has 0 fully saturated rings. The van der Waals surface area contributed by atoms with E-state index in [1.807, 2.05) is 0 Å². The van der Waals surface area contributed by atoms with Gasteiger partial charge in [-0.15, -0.1) is 10.2 Å².